The van der Waals surface area contributed by atoms with Crippen LogP contribution in [0.3, 0.4) is 0 Å². The van der Waals surface area contributed by atoms with Crippen molar-refractivity contribution in [2.75, 3.05) is 6.26 Å². The summed E-state index contributed by atoms with van der Waals surface area (Å²) in [5.41, 5.74) is 7.38. The van der Waals surface area contributed by atoms with E-state index in [-0.39, 0.29) is 18.4 Å². The number of rotatable bonds is 3. The molecule has 3 heteroatoms. The van der Waals surface area contributed by atoms with Crippen LogP contribution < -0.4 is 5.73 Å². The third kappa shape index (κ3) is 2.66. The molecule has 0 aromatic heterocycles. The monoisotopic (exact) mass is 229 g/mol. The maximum atomic E-state index is 6.09. The Balaban J connectivity index is 0.000000980. The first-order valence-corrected chi connectivity index (χ1v) is 5.93. The highest BCUT2D eigenvalue weighted by Gasteiger charge is 2.29. The molecule has 1 aromatic rings. The van der Waals surface area contributed by atoms with Crippen LogP contribution in [0.4, 0.5) is 0 Å². The van der Waals surface area contributed by atoms with Gasteiger partial charge in [0.2, 0.25) is 0 Å². The van der Waals surface area contributed by atoms with Crippen LogP contribution in [0.15, 0.2) is 29.2 Å². The largest absolute Gasteiger partial charge is 0.324 e. The molecule has 2 N–H and O–H groups in total. The molecule has 1 saturated carbocycles. The molecule has 0 heterocycles. The van der Waals surface area contributed by atoms with E-state index >= 15 is 0 Å². The van der Waals surface area contributed by atoms with Gasteiger partial charge in [0.1, 0.15) is 0 Å². The highest BCUT2D eigenvalue weighted by molar-refractivity contribution is 7.98. The van der Waals surface area contributed by atoms with E-state index in [2.05, 4.69) is 30.5 Å². The van der Waals surface area contributed by atoms with E-state index in [1.807, 2.05) is 0 Å². The summed E-state index contributed by atoms with van der Waals surface area (Å²) in [5.74, 6) is 0.750. The molecular formula is C11H16ClNS. The van der Waals surface area contributed by atoms with Gasteiger partial charge in [0, 0.05) is 10.9 Å². The first-order chi connectivity index (χ1) is 6.31. The van der Waals surface area contributed by atoms with Gasteiger partial charge < -0.3 is 5.73 Å². The Morgan fingerprint density at radius 3 is 2.29 bits per heavy atom. The van der Waals surface area contributed by atoms with Crippen LogP contribution in [0, 0.1) is 5.92 Å². The fourth-order valence-electron chi connectivity index (χ4n) is 1.55. The normalized spacial score (nSPS) is 17.3. The smallest absolute Gasteiger partial charge is 0.0323 e. The number of thioether (sulfide) groups is 1. The second-order valence-corrected chi connectivity index (χ2v) is 4.52. The van der Waals surface area contributed by atoms with E-state index in [1.54, 1.807) is 11.8 Å². The maximum Gasteiger partial charge on any atom is 0.0323 e. The maximum absolute atomic E-state index is 6.09. The van der Waals surface area contributed by atoms with Crippen molar-refractivity contribution in [2.24, 2.45) is 11.7 Å². The number of hydrogen-bond acceptors (Lipinski definition) is 2. The van der Waals surface area contributed by atoms with Gasteiger partial charge in [-0.25, -0.2) is 0 Å². The Hall–Kier alpha value is -0.180. The molecule has 0 spiro atoms. The number of halogens is 1. The average molecular weight is 230 g/mol. The zero-order chi connectivity index (χ0) is 9.26. The Morgan fingerprint density at radius 1 is 1.29 bits per heavy atom. The highest BCUT2D eigenvalue weighted by atomic mass is 35.5. The predicted octanol–water partition coefficient (Wildman–Crippen LogP) is 3.24. The summed E-state index contributed by atoms with van der Waals surface area (Å²) < 4.78 is 0. The number of nitrogens with two attached hydrogens (primary N) is 1. The standard InChI is InChI=1S/C11H15NS.ClH/c1-13-10-6-4-9(5-7-10)11(12)8-2-3-8;/h4-8,11H,2-3,12H2,1H3;1H/t11-;/m0./s1. The Kier molecular flexibility index (Phi) is 4.30. The summed E-state index contributed by atoms with van der Waals surface area (Å²) in [6, 6.07) is 8.91. The number of benzene rings is 1. The molecule has 0 aliphatic heterocycles. The Bertz CT molecular complexity index is 282. The van der Waals surface area contributed by atoms with Crippen molar-refractivity contribution in [3.8, 4) is 0 Å². The lowest BCUT2D eigenvalue weighted by Gasteiger charge is -2.10. The molecule has 78 valence electrons. The molecule has 0 bridgehead atoms. The third-order valence-corrected chi connectivity index (χ3v) is 3.37. The summed E-state index contributed by atoms with van der Waals surface area (Å²) in [4.78, 5) is 1.31. The van der Waals surface area contributed by atoms with E-state index in [9.17, 15) is 0 Å². The minimum Gasteiger partial charge on any atom is -0.324 e. The summed E-state index contributed by atoms with van der Waals surface area (Å²) in [6.07, 6.45) is 4.71. The zero-order valence-electron chi connectivity index (χ0n) is 8.27. The van der Waals surface area contributed by atoms with Gasteiger partial charge in [0.05, 0.1) is 0 Å². The first-order valence-electron chi connectivity index (χ1n) is 4.71. The van der Waals surface area contributed by atoms with Crippen molar-refractivity contribution in [1.82, 2.24) is 0 Å². The van der Waals surface area contributed by atoms with Crippen LogP contribution in [0.2, 0.25) is 0 Å². The first kappa shape index (κ1) is 11.9. The summed E-state index contributed by atoms with van der Waals surface area (Å²) in [5, 5.41) is 0. The quantitative estimate of drug-likeness (QED) is 0.806. The molecular weight excluding hydrogens is 214 g/mol. The van der Waals surface area contributed by atoms with Crippen LogP contribution >= 0.6 is 24.2 Å². The third-order valence-electron chi connectivity index (χ3n) is 2.63. The van der Waals surface area contributed by atoms with Gasteiger partial charge in [-0.2, -0.15) is 0 Å². The molecule has 0 radical (unpaired) electrons. The molecule has 1 fully saturated rings. The van der Waals surface area contributed by atoms with E-state index in [1.165, 1.54) is 23.3 Å². The van der Waals surface area contributed by atoms with Crippen molar-refractivity contribution in [1.29, 1.82) is 0 Å². The zero-order valence-corrected chi connectivity index (χ0v) is 9.91. The van der Waals surface area contributed by atoms with Crippen molar-refractivity contribution in [3.63, 3.8) is 0 Å². The Labute approximate surface area is 95.9 Å². The molecule has 1 aromatic carbocycles. The SMILES string of the molecule is CSc1ccc([C@@H](N)C2CC2)cc1.Cl. The molecule has 1 nitrogen and oxygen atoms in total. The lowest BCUT2D eigenvalue weighted by molar-refractivity contribution is 0.633. The average Bonchev–Trinajstić information content (AvgIpc) is 3.00. The van der Waals surface area contributed by atoms with Crippen molar-refractivity contribution in [3.05, 3.63) is 29.8 Å². The molecule has 0 saturated heterocycles. The van der Waals surface area contributed by atoms with Gasteiger partial charge in [-0.05, 0) is 42.7 Å². The lowest BCUT2D eigenvalue weighted by Crippen LogP contribution is -2.11. The molecule has 1 aliphatic carbocycles. The van der Waals surface area contributed by atoms with Crippen molar-refractivity contribution in [2.45, 2.75) is 23.8 Å². The van der Waals surface area contributed by atoms with E-state index in [0.717, 1.165) is 5.92 Å². The van der Waals surface area contributed by atoms with Gasteiger partial charge in [0.15, 0.2) is 0 Å². The van der Waals surface area contributed by atoms with Crippen LogP contribution in [0.25, 0.3) is 0 Å². The number of hydrogen-bond donors (Lipinski definition) is 1. The van der Waals surface area contributed by atoms with Gasteiger partial charge in [-0.3, -0.25) is 0 Å². The van der Waals surface area contributed by atoms with Crippen LogP contribution in [0.5, 0.6) is 0 Å². The predicted molar refractivity (Wildman–Crippen MR) is 65.1 cm³/mol. The summed E-state index contributed by atoms with van der Waals surface area (Å²) in [7, 11) is 0. The van der Waals surface area contributed by atoms with Gasteiger partial charge in [-0.1, -0.05) is 12.1 Å². The van der Waals surface area contributed by atoms with Gasteiger partial charge >= 0.3 is 0 Å². The second-order valence-electron chi connectivity index (χ2n) is 3.64. The summed E-state index contributed by atoms with van der Waals surface area (Å²) >= 11 is 1.77. The molecule has 1 aliphatic rings. The van der Waals surface area contributed by atoms with Gasteiger partial charge in [-0.15, -0.1) is 24.2 Å². The molecule has 2 rings (SSSR count). The fraction of sp³-hybridized carbons (Fsp3) is 0.455. The minimum atomic E-state index is 0. The fourth-order valence-corrected chi connectivity index (χ4v) is 1.96. The van der Waals surface area contributed by atoms with E-state index < -0.39 is 0 Å². The van der Waals surface area contributed by atoms with E-state index in [0.29, 0.717) is 0 Å². The highest BCUT2D eigenvalue weighted by Crippen LogP contribution is 2.39. The molecule has 0 amide bonds. The molecule has 1 atom stereocenters. The Morgan fingerprint density at radius 2 is 1.86 bits per heavy atom. The van der Waals surface area contributed by atoms with Crippen LogP contribution in [-0.2, 0) is 0 Å². The van der Waals surface area contributed by atoms with E-state index in [4.69, 9.17) is 5.73 Å². The van der Waals surface area contributed by atoms with Crippen LogP contribution in [0.1, 0.15) is 24.4 Å². The topological polar surface area (TPSA) is 26.0 Å². The lowest BCUT2D eigenvalue weighted by atomic mass is 10.0. The molecule has 14 heavy (non-hydrogen) atoms. The van der Waals surface area contributed by atoms with Gasteiger partial charge in [0.25, 0.3) is 0 Å². The minimum absolute atomic E-state index is 0. The summed E-state index contributed by atoms with van der Waals surface area (Å²) in [6.45, 7) is 0. The van der Waals surface area contributed by atoms with Crippen molar-refractivity contribution < 1.29 is 0 Å². The second kappa shape index (κ2) is 5.06. The van der Waals surface area contributed by atoms with Crippen molar-refractivity contribution >= 4 is 24.2 Å². The van der Waals surface area contributed by atoms with Crippen LogP contribution in [-0.4, -0.2) is 6.26 Å². The molecule has 0 unspecified atom stereocenters.